The van der Waals surface area contributed by atoms with Gasteiger partial charge >= 0.3 is 0 Å². The lowest BCUT2D eigenvalue weighted by molar-refractivity contribution is 0.624. The van der Waals surface area contributed by atoms with Crippen molar-refractivity contribution >= 4 is 10.9 Å². The van der Waals surface area contributed by atoms with E-state index in [0.29, 0.717) is 6.42 Å². The summed E-state index contributed by atoms with van der Waals surface area (Å²) in [6.45, 7) is 0. The van der Waals surface area contributed by atoms with E-state index in [1.54, 1.807) is 6.07 Å². The minimum absolute atomic E-state index is 0.0111. The van der Waals surface area contributed by atoms with Crippen LogP contribution in [-0.2, 0) is 19.3 Å². The molecule has 0 aliphatic heterocycles. The van der Waals surface area contributed by atoms with Crippen LogP contribution in [0.2, 0.25) is 0 Å². The molecule has 1 aliphatic rings. The summed E-state index contributed by atoms with van der Waals surface area (Å²) < 4.78 is 13.4. The van der Waals surface area contributed by atoms with Gasteiger partial charge in [0.15, 0.2) is 0 Å². The van der Waals surface area contributed by atoms with Crippen molar-refractivity contribution in [1.82, 2.24) is 4.98 Å². The van der Waals surface area contributed by atoms with E-state index < -0.39 is 0 Å². The number of nitrogens with zero attached hydrogens (tertiary/aromatic N) is 1. The molecule has 26 heavy (non-hydrogen) atoms. The number of aromatic amines is 1. The van der Waals surface area contributed by atoms with Gasteiger partial charge in [0.25, 0.3) is 5.56 Å². The zero-order valence-corrected chi connectivity index (χ0v) is 14.4. The third-order valence-electron chi connectivity index (χ3n) is 5.25. The van der Waals surface area contributed by atoms with Gasteiger partial charge in [-0.2, -0.15) is 5.26 Å². The quantitative estimate of drug-likeness (QED) is 0.764. The minimum Gasteiger partial charge on any atom is -0.322 e. The second kappa shape index (κ2) is 6.76. The standard InChI is InChI=1S/C22H19FN2O/c23-17-5-3-4-14(11-17)10-16(13-24)15-8-9-19-18-6-1-2-7-20(18)22(26)25-21(19)12-15/h3-5,8-9,11-12,16H,1-2,6-7,10H2,(H,25,26). The topological polar surface area (TPSA) is 56.6 Å². The molecule has 1 unspecified atom stereocenters. The molecule has 1 heterocycles. The third-order valence-corrected chi connectivity index (χ3v) is 5.25. The summed E-state index contributed by atoms with van der Waals surface area (Å²) in [6, 6.07) is 14.5. The molecule has 0 bridgehead atoms. The summed E-state index contributed by atoms with van der Waals surface area (Å²) in [7, 11) is 0. The average molecular weight is 346 g/mol. The summed E-state index contributed by atoms with van der Waals surface area (Å²) in [5.41, 5.74) is 4.47. The Hall–Kier alpha value is -2.93. The Morgan fingerprint density at radius 1 is 1.12 bits per heavy atom. The van der Waals surface area contributed by atoms with E-state index in [0.717, 1.165) is 58.8 Å². The molecule has 3 nitrogen and oxygen atoms in total. The van der Waals surface area contributed by atoms with E-state index in [2.05, 4.69) is 11.1 Å². The number of rotatable bonds is 3. The maximum absolute atomic E-state index is 13.4. The summed E-state index contributed by atoms with van der Waals surface area (Å²) in [6.07, 6.45) is 4.37. The molecule has 0 spiro atoms. The fourth-order valence-electron chi connectivity index (χ4n) is 3.93. The maximum Gasteiger partial charge on any atom is 0.251 e. The number of aryl methyl sites for hydroxylation is 1. The zero-order valence-electron chi connectivity index (χ0n) is 14.4. The van der Waals surface area contributed by atoms with Crippen LogP contribution in [0.1, 0.15) is 41.0 Å². The van der Waals surface area contributed by atoms with Crippen LogP contribution < -0.4 is 5.56 Å². The number of nitrogens with one attached hydrogen (secondary N) is 1. The van der Waals surface area contributed by atoms with Gasteiger partial charge in [-0.25, -0.2) is 4.39 Å². The Kier molecular flexibility index (Phi) is 4.30. The summed E-state index contributed by atoms with van der Waals surface area (Å²) in [4.78, 5) is 15.4. The first kappa shape index (κ1) is 16.5. The fraction of sp³-hybridized carbons (Fsp3) is 0.273. The van der Waals surface area contributed by atoms with Crippen LogP contribution in [0.25, 0.3) is 10.9 Å². The van der Waals surface area contributed by atoms with Gasteiger partial charge in [0.2, 0.25) is 0 Å². The van der Waals surface area contributed by atoms with Crippen molar-refractivity contribution in [2.24, 2.45) is 0 Å². The summed E-state index contributed by atoms with van der Waals surface area (Å²) >= 11 is 0. The van der Waals surface area contributed by atoms with Crippen molar-refractivity contribution in [3.8, 4) is 6.07 Å². The van der Waals surface area contributed by atoms with E-state index in [1.807, 2.05) is 24.3 Å². The van der Waals surface area contributed by atoms with E-state index in [1.165, 1.54) is 12.1 Å². The van der Waals surface area contributed by atoms with Gasteiger partial charge in [0, 0.05) is 16.5 Å². The molecule has 1 aromatic heterocycles. The lowest BCUT2D eigenvalue weighted by Crippen LogP contribution is -2.19. The lowest BCUT2D eigenvalue weighted by atomic mass is 9.88. The van der Waals surface area contributed by atoms with Crippen LogP contribution in [0, 0.1) is 17.1 Å². The number of hydrogen-bond donors (Lipinski definition) is 1. The molecular formula is C22H19FN2O. The Bertz CT molecular complexity index is 1080. The molecule has 1 N–H and O–H groups in total. The second-order valence-corrected chi connectivity index (χ2v) is 6.94. The van der Waals surface area contributed by atoms with Gasteiger partial charge in [-0.05, 0) is 67.0 Å². The maximum atomic E-state index is 13.4. The number of hydrogen-bond acceptors (Lipinski definition) is 2. The number of H-pyrrole nitrogens is 1. The Morgan fingerprint density at radius 2 is 1.92 bits per heavy atom. The molecule has 2 aromatic carbocycles. The van der Waals surface area contributed by atoms with Crippen molar-refractivity contribution < 1.29 is 4.39 Å². The number of halogens is 1. The van der Waals surface area contributed by atoms with Crippen LogP contribution in [-0.4, -0.2) is 4.98 Å². The molecule has 4 heteroatoms. The van der Waals surface area contributed by atoms with Gasteiger partial charge in [-0.15, -0.1) is 0 Å². The van der Waals surface area contributed by atoms with Gasteiger partial charge in [-0.3, -0.25) is 4.79 Å². The van der Waals surface area contributed by atoms with Gasteiger partial charge in [0.05, 0.1) is 12.0 Å². The van der Waals surface area contributed by atoms with E-state index in [9.17, 15) is 14.4 Å². The van der Waals surface area contributed by atoms with Crippen molar-refractivity contribution in [2.45, 2.75) is 38.0 Å². The van der Waals surface area contributed by atoms with E-state index in [4.69, 9.17) is 0 Å². The van der Waals surface area contributed by atoms with E-state index in [-0.39, 0.29) is 17.3 Å². The van der Waals surface area contributed by atoms with Crippen molar-refractivity contribution in [3.63, 3.8) is 0 Å². The predicted octanol–water partition coefficient (Wildman–Crippen LogP) is 4.40. The molecule has 130 valence electrons. The normalized spacial score (nSPS) is 14.6. The fourth-order valence-corrected chi connectivity index (χ4v) is 3.93. The van der Waals surface area contributed by atoms with Crippen LogP contribution in [0.4, 0.5) is 4.39 Å². The highest BCUT2D eigenvalue weighted by atomic mass is 19.1. The molecule has 0 fully saturated rings. The van der Waals surface area contributed by atoms with Crippen molar-refractivity contribution in [2.75, 3.05) is 0 Å². The molecular weight excluding hydrogens is 327 g/mol. The first-order chi connectivity index (χ1) is 12.7. The molecule has 1 atom stereocenters. The minimum atomic E-state index is -0.388. The first-order valence-electron chi connectivity index (χ1n) is 8.97. The number of fused-ring (bicyclic) bond motifs is 3. The molecule has 3 aromatic rings. The number of pyridine rings is 1. The van der Waals surface area contributed by atoms with Gasteiger partial charge < -0.3 is 4.98 Å². The van der Waals surface area contributed by atoms with Gasteiger partial charge in [-0.1, -0.05) is 24.3 Å². The first-order valence-corrected chi connectivity index (χ1v) is 8.97. The molecule has 0 amide bonds. The number of aromatic nitrogens is 1. The van der Waals surface area contributed by atoms with Crippen LogP contribution in [0.15, 0.2) is 47.3 Å². The monoisotopic (exact) mass is 346 g/mol. The van der Waals surface area contributed by atoms with Crippen LogP contribution in [0.5, 0.6) is 0 Å². The van der Waals surface area contributed by atoms with Crippen LogP contribution in [0.3, 0.4) is 0 Å². The number of benzene rings is 2. The Labute approximate surface area is 151 Å². The summed E-state index contributed by atoms with van der Waals surface area (Å²) in [5, 5.41) is 10.7. The van der Waals surface area contributed by atoms with E-state index >= 15 is 0 Å². The highest BCUT2D eigenvalue weighted by molar-refractivity contribution is 5.84. The molecule has 0 saturated heterocycles. The predicted molar refractivity (Wildman–Crippen MR) is 99.7 cm³/mol. The highest BCUT2D eigenvalue weighted by Gasteiger charge is 2.18. The second-order valence-electron chi connectivity index (χ2n) is 6.94. The SMILES string of the molecule is N#CC(Cc1cccc(F)c1)c1ccc2c3c(c(=O)[nH]c2c1)CCCC3. The van der Waals surface area contributed by atoms with Crippen molar-refractivity contribution in [3.05, 3.63) is 80.9 Å². The third kappa shape index (κ3) is 3.01. The van der Waals surface area contributed by atoms with Gasteiger partial charge in [0.1, 0.15) is 5.82 Å². The zero-order chi connectivity index (χ0) is 18.1. The highest BCUT2D eigenvalue weighted by Crippen LogP contribution is 2.29. The largest absolute Gasteiger partial charge is 0.322 e. The average Bonchev–Trinajstić information content (AvgIpc) is 2.66. The lowest BCUT2D eigenvalue weighted by Gasteiger charge is -2.18. The van der Waals surface area contributed by atoms with Crippen molar-refractivity contribution in [1.29, 1.82) is 5.26 Å². The Balaban J connectivity index is 1.74. The number of nitriles is 1. The van der Waals surface area contributed by atoms with Crippen LogP contribution >= 0.6 is 0 Å². The molecule has 0 saturated carbocycles. The smallest absolute Gasteiger partial charge is 0.251 e. The molecule has 1 aliphatic carbocycles. The molecule has 4 rings (SSSR count). The molecule has 0 radical (unpaired) electrons. The Morgan fingerprint density at radius 3 is 2.69 bits per heavy atom. The summed E-state index contributed by atoms with van der Waals surface area (Å²) in [5.74, 6) is -0.686.